The molecule has 0 spiro atoms. The van der Waals surface area contributed by atoms with Crippen LogP contribution in [-0.4, -0.2) is 29.0 Å². The number of fused-ring (bicyclic) bond motifs is 1. The molecule has 2 aromatic carbocycles. The van der Waals surface area contributed by atoms with Gasteiger partial charge in [-0.2, -0.15) is 0 Å². The Morgan fingerprint density at radius 2 is 1.97 bits per heavy atom. The van der Waals surface area contributed by atoms with Gasteiger partial charge in [0.05, 0.1) is 0 Å². The molecule has 0 aliphatic carbocycles. The number of rotatable bonds is 5. The molecule has 164 valence electrons. The summed E-state index contributed by atoms with van der Waals surface area (Å²) in [4.78, 5) is 12.5. The number of ether oxygens (including phenoxy) is 1. The summed E-state index contributed by atoms with van der Waals surface area (Å²) in [6.07, 6.45) is -3.81. The molecule has 4 rings (SSSR count). The maximum atomic E-state index is 12.6. The fourth-order valence-corrected chi connectivity index (χ4v) is 3.96. The minimum absolute atomic E-state index is 0. The predicted molar refractivity (Wildman–Crippen MR) is 113 cm³/mol. The molecule has 3 aromatic rings. The van der Waals surface area contributed by atoms with Gasteiger partial charge in [-0.1, -0.05) is 35.6 Å². The van der Waals surface area contributed by atoms with Gasteiger partial charge in [0.25, 0.3) is 5.91 Å². The van der Waals surface area contributed by atoms with Gasteiger partial charge >= 0.3 is 6.36 Å². The second-order valence-corrected chi connectivity index (χ2v) is 7.76. The highest BCUT2D eigenvalue weighted by molar-refractivity contribution is 7.15. The van der Waals surface area contributed by atoms with Crippen molar-refractivity contribution in [2.75, 3.05) is 11.9 Å². The summed E-state index contributed by atoms with van der Waals surface area (Å²) in [5, 5.41) is 14.6. The Balaban J connectivity index is 0.00000272. The Hall–Kier alpha value is -2.69. The monoisotopic (exact) mass is 470 g/mol. The zero-order valence-corrected chi connectivity index (χ0v) is 17.7. The molecule has 6 nitrogen and oxygen atoms in total. The van der Waals surface area contributed by atoms with E-state index < -0.39 is 6.36 Å². The minimum atomic E-state index is -4.78. The number of hydrogen-bond acceptors (Lipinski definition) is 6. The maximum absolute atomic E-state index is 12.6. The van der Waals surface area contributed by atoms with Crippen LogP contribution < -0.4 is 15.4 Å². The number of alkyl halides is 3. The van der Waals surface area contributed by atoms with E-state index in [-0.39, 0.29) is 35.6 Å². The molecule has 11 heteroatoms. The van der Waals surface area contributed by atoms with Crippen molar-refractivity contribution in [2.24, 2.45) is 0 Å². The van der Waals surface area contributed by atoms with Crippen LogP contribution in [0.25, 0.3) is 0 Å². The molecule has 1 amide bonds. The van der Waals surface area contributed by atoms with Gasteiger partial charge in [-0.05, 0) is 42.3 Å². The van der Waals surface area contributed by atoms with Crippen LogP contribution in [0.4, 0.5) is 18.3 Å². The quantitative estimate of drug-likeness (QED) is 0.580. The van der Waals surface area contributed by atoms with E-state index >= 15 is 0 Å². The van der Waals surface area contributed by atoms with Gasteiger partial charge < -0.3 is 10.1 Å². The molecule has 2 heterocycles. The fraction of sp³-hybridized carbons (Fsp3) is 0.250. The summed E-state index contributed by atoms with van der Waals surface area (Å²) < 4.78 is 41.8. The van der Waals surface area contributed by atoms with Crippen molar-refractivity contribution in [1.82, 2.24) is 15.5 Å². The molecule has 0 saturated heterocycles. The van der Waals surface area contributed by atoms with Gasteiger partial charge in [-0.3, -0.25) is 10.1 Å². The number of nitrogens with zero attached hydrogens (tertiary/aromatic N) is 2. The van der Waals surface area contributed by atoms with Crippen LogP contribution in [0.5, 0.6) is 5.75 Å². The summed E-state index contributed by atoms with van der Waals surface area (Å²) in [7, 11) is 0. The fourth-order valence-electron chi connectivity index (χ4n) is 3.20. The molecule has 1 aromatic heterocycles. The van der Waals surface area contributed by atoms with Gasteiger partial charge in [0.2, 0.25) is 5.13 Å². The van der Waals surface area contributed by atoms with Gasteiger partial charge in [0.15, 0.2) is 0 Å². The summed E-state index contributed by atoms with van der Waals surface area (Å²) in [6.45, 7) is 1.66. The van der Waals surface area contributed by atoms with Crippen LogP contribution in [-0.2, 0) is 19.4 Å². The topological polar surface area (TPSA) is 76.1 Å². The maximum Gasteiger partial charge on any atom is 0.573 e. The van der Waals surface area contributed by atoms with Crippen molar-refractivity contribution in [2.45, 2.75) is 25.7 Å². The lowest BCUT2D eigenvalue weighted by atomic mass is 9.98. The molecule has 0 unspecified atom stereocenters. The van der Waals surface area contributed by atoms with E-state index in [1.807, 2.05) is 12.1 Å². The number of anilines is 1. The first kappa shape index (κ1) is 23.0. The van der Waals surface area contributed by atoms with Gasteiger partial charge in [0.1, 0.15) is 10.8 Å². The third-order valence-corrected chi connectivity index (χ3v) is 5.42. The van der Waals surface area contributed by atoms with Gasteiger partial charge in [0, 0.05) is 24.1 Å². The van der Waals surface area contributed by atoms with E-state index in [9.17, 15) is 18.0 Å². The van der Waals surface area contributed by atoms with E-state index in [4.69, 9.17) is 0 Å². The molecule has 0 atom stereocenters. The van der Waals surface area contributed by atoms with Crippen molar-refractivity contribution >= 4 is 34.8 Å². The molecule has 1 aliphatic rings. The van der Waals surface area contributed by atoms with Crippen LogP contribution in [0.15, 0.2) is 42.5 Å². The van der Waals surface area contributed by atoms with Gasteiger partial charge in [-0.25, -0.2) is 0 Å². The number of para-hydroxylation sites is 1. The average Bonchev–Trinajstić information content (AvgIpc) is 3.15. The number of nitrogens with one attached hydrogen (secondary N) is 2. The number of benzene rings is 2. The summed E-state index contributed by atoms with van der Waals surface area (Å²) in [5.74, 6) is -0.589. The predicted octanol–water partition coefficient (Wildman–Crippen LogP) is 4.35. The third-order valence-electron chi connectivity index (χ3n) is 4.58. The van der Waals surface area contributed by atoms with Gasteiger partial charge in [-0.15, -0.1) is 35.8 Å². The normalized spacial score (nSPS) is 13.1. The number of carbonyl (C=O) groups is 1. The first-order valence-corrected chi connectivity index (χ1v) is 9.99. The first-order chi connectivity index (χ1) is 14.4. The molecule has 1 aliphatic heterocycles. The number of carbonyl (C=O) groups excluding carboxylic acids is 1. The Morgan fingerprint density at radius 1 is 1.16 bits per heavy atom. The molecule has 0 bridgehead atoms. The molecular weight excluding hydrogens is 453 g/mol. The SMILES string of the molecule is Cl.O=C(Nc1nnc(Cc2ccccc2OC(F)(F)F)s1)c1ccc2c(c1)CCNC2. The number of aromatic nitrogens is 2. The Kier molecular flexibility index (Phi) is 7.14. The molecule has 31 heavy (non-hydrogen) atoms. The lowest BCUT2D eigenvalue weighted by Crippen LogP contribution is -2.24. The van der Waals surface area contributed by atoms with Crippen molar-refractivity contribution in [3.8, 4) is 5.75 Å². The minimum Gasteiger partial charge on any atom is -0.405 e. The van der Waals surface area contributed by atoms with E-state index in [1.54, 1.807) is 12.1 Å². The molecular formula is C20H18ClF3N4O2S. The Bertz CT molecular complexity index is 1070. The molecule has 0 radical (unpaired) electrons. The second-order valence-electron chi connectivity index (χ2n) is 6.70. The highest BCUT2D eigenvalue weighted by Gasteiger charge is 2.32. The number of hydrogen-bond donors (Lipinski definition) is 2. The lowest BCUT2D eigenvalue weighted by Gasteiger charge is -2.17. The second kappa shape index (κ2) is 9.63. The zero-order valence-electron chi connectivity index (χ0n) is 16.0. The number of amides is 1. The average molecular weight is 471 g/mol. The van der Waals surface area contributed by atoms with E-state index in [0.717, 1.165) is 36.4 Å². The summed E-state index contributed by atoms with van der Waals surface area (Å²) in [5.41, 5.74) is 3.17. The number of halogens is 4. The molecule has 0 fully saturated rings. The Labute approximate surface area is 186 Å². The summed E-state index contributed by atoms with van der Waals surface area (Å²) in [6, 6.07) is 11.4. The van der Waals surface area contributed by atoms with Crippen LogP contribution in [0.2, 0.25) is 0 Å². The highest BCUT2D eigenvalue weighted by atomic mass is 35.5. The van der Waals surface area contributed by atoms with E-state index in [0.29, 0.717) is 16.1 Å². The zero-order chi connectivity index (χ0) is 21.1. The molecule has 0 saturated carbocycles. The smallest absolute Gasteiger partial charge is 0.405 e. The van der Waals surface area contributed by atoms with Crippen LogP contribution in [0, 0.1) is 0 Å². The van der Waals surface area contributed by atoms with Crippen molar-refractivity contribution in [3.05, 3.63) is 69.7 Å². The van der Waals surface area contributed by atoms with Crippen LogP contribution in [0.1, 0.15) is 32.1 Å². The summed E-state index contributed by atoms with van der Waals surface area (Å²) >= 11 is 1.11. The van der Waals surface area contributed by atoms with Crippen molar-refractivity contribution < 1.29 is 22.7 Å². The molecule has 2 N–H and O–H groups in total. The van der Waals surface area contributed by atoms with Crippen LogP contribution >= 0.6 is 23.7 Å². The lowest BCUT2D eigenvalue weighted by molar-refractivity contribution is -0.274. The largest absolute Gasteiger partial charge is 0.573 e. The van der Waals surface area contributed by atoms with E-state index in [1.165, 1.54) is 23.8 Å². The standard InChI is InChI=1S/C20H17F3N4O2S.ClH/c21-20(22,23)29-16-4-2-1-3-13(16)10-17-26-27-19(30-17)25-18(28)14-5-6-15-11-24-8-7-12(15)9-14;/h1-6,9,24H,7-8,10-11H2,(H,25,27,28);1H. The van der Waals surface area contributed by atoms with Crippen molar-refractivity contribution in [3.63, 3.8) is 0 Å². The van der Waals surface area contributed by atoms with Crippen molar-refractivity contribution in [1.29, 1.82) is 0 Å². The first-order valence-electron chi connectivity index (χ1n) is 9.17. The Morgan fingerprint density at radius 3 is 2.77 bits per heavy atom. The van der Waals surface area contributed by atoms with Crippen LogP contribution in [0.3, 0.4) is 0 Å². The highest BCUT2D eigenvalue weighted by Crippen LogP contribution is 2.29. The third kappa shape index (κ3) is 5.93. The van der Waals surface area contributed by atoms with E-state index in [2.05, 4.69) is 25.6 Å².